The van der Waals surface area contributed by atoms with Crippen molar-refractivity contribution in [1.82, 2.24) is 0 Å². The fraction of sp³-hybridized carbons (Fsp3) is 0.167. The van der Waals surface area contributed by atoms with E-state index in [0.717, 1.165) is 0 Å². The Kier molecular flexibility index (Phi) is 8.42. The number of hydrogen-bond acceptors (Lipinski definition) is 2. The first-order valence-electron chi connectivity index (χ1n) is 6.77. The summed E-state index contributed by atoms with van der Waals surface area (Å²) in [6.07, 6.45) is 7.76. The molecule has 1 unspecified atom stereocenters. The molecule has 1 aromatic rings. The largest absolute Gasteiger partial charge is 0.372 e. The second-order valence-electron chi connectivity index (χ2n) is 3.89. The highest BCUT2D eigenvalue weighted by Crippen LogP contribution is 2.30. The monoisotopic (exact) mass is 285 g/mol. The Bertz CT molecular complexity index is 529. The van der Waals surface area contributed by atoms with Crippen molar-refractivity contribution in [2.45, 2.75) is 19.4 Å². The van der Waals surface area contributed by atoms with Crippen molar-refractivity contribution in [2.75, 3.05) is 0 Å². The van der Waals surface area contributed by atoms with Crippen molar-refractivity contribution in [3.05, 3.63) is 85.0 Å². The molecule has 3 nitrogen and oxygen atoms in total. The zero-order valence-electron chi connectivity index (χ0n) is 12.6. The minimum Gasteiger partial charge on any atom is -0.372 e. The van der Waals surface area contributed by atoms with Crippen LogP contribution in [-0.2, 0) is 10.4 Å². The van der Waals surface area contributed by atoms with Crippen molar-refractivity contribution < 1.29 is 9.90 Å². The summed E-state index contributed by atoms with van der Waals surface area (Å²) >= 11 is 0. The molecule has 0 aromatic heterocycles. The Balaban J connectivity index is 0.00000191. The second kappa shape index (κ2) is 9.50. The minimum atomic E-state index is -1.89. The molecule has 1 rings (SSSR count). The van der Waals surface area contributed by atoms with Crippen molar-refractivity contribution >= 4 is 5.91 Å². The van der Waals surface area contributed by atoms with Crippen LogP contribution in [0.15, 0.2) is 79.4 Å². The highest BCUT2D eigenvalue weighted by Gasteiger charge is 2.38. The van der Waals surface area contributed by atoms with Crippen molar-refractivity contribution in [1.29, 1.82) is 0 Å². The lowest BCUT2D eigenvalue weighted by molar-refractivity contribution is -0.133. The molecule has 0 aliphatic carbocycles. The van der Waals surface area contributed by atoms with Crippen molar-refractivity contribution in [3.63, 3.8) is 0 Å². The van der Waals surface area contributed by atoms with E-state index in [4.69, 9.17) is 5.73 Å². The average Bonchev–Trinajstić information content (AvgIpc) is 2.53. The summed E-state index contributed by atoms with van der Waals surface area (Å²) in [6, 6.07) is 8.53. The number of rotatable bonds is 6. The molecule has 0 fully saturated rings. The number of primary amides is 1. The van der Waals surface area contributed by atoms with Gasteiger partial charge in [-0.25, -0.2) is 0 Å². The van der Waals surface area contributed by atoms with Crippen LogP contribution in [0.2, 0.25) is 0 Å². The van der Waals surface area contributed by atoms with Crippen LogP contribution < -0.4 is 5.73 Å². The van der Waals surface area contributed by atoms with Crippen LogP contribution in [0.3, 0.4) is 0 Å². The van der Waals surface area contributed by atoms with Crippen LogP contribution in [-0.4, -0.2) is 11.0 Å². The SMILES string of the molecule is C=C/C=C\C(=C/C=C)C(O)(C(N)=O)c1ccccc1.CC. The van der Waals surface area contributed by atoms with E-state index in [9.17, 15) is 9.90 Å². The van der Waals surface area contributed by atoms with Gasteiger partial charge in [-0.2, -0.15) is 0 Å². The van der Waals surface area contributed by atoms with Crippen molar-refractivity contribution in [2.24, 2.45) is 5.73 Å². The molecule has 0 radical (unpaired) electrons. The summed E-state index contributed by atoms with van der Waals surface area (Å²) in [5.74, 6) is -0.847. The molecule has 1 atom stereocenters. The normalized spacial score (nSPS) is 13.8. The van der Waals surface area contributed by atoms with Gasteiger partial charge in [-0.05, 0) is 11.1 Å². The Morgan fingerprint density at radius 3 is 2.19 bits per heavy atom. The van der Waals surface area contributed by atoms with Crippen LogP contribution in [0.5, 0.6) is 0 Å². The number of carbonyl (C=O) groups excluding carboxylic acids is 1. The second-order valence-corrected chi connectivity index (χ2v) is 3.89. The molecule has 112 valence electrons. The van der Waals surface area contributed by atoms with Crippen molar-refractivity contribution in [3.8, 4) is 0 Å². The first kappa shape index (κ1) is 18.6. The Morgan fingerprint density at radius 1 is 1.19 bits per heavy atom. The number of hydrogen-bond donors (Lipinski definition) is 2. The van der Waals surface area contributed by atoms with E-state index >= 15 is 0 Å². The van der Waals surface area contributed by atoms with E-state index in [2.05, 4.69) is 13.2 Å². The summed E-state index contributed by atoms with van der Waals surface area (Å²) in [5, 5.41) is 10.7. The first-order valence-corrected chi connectivity index (χ1v) is 6.77. The Hall–Kier alpha value is -2.39. The third kappa shape index (κ3) is 4.58. The van der Waals surface area contributed by atoms with Gasteiger partial charge in [0.25, 0.3) is 5.91 Å². The maximum atomic E-state index is 11.7. The molecule has 0 heterocycles. The molecular formula is C18H23NO2. The van der Waals surface area contributed by atoms with Gasteiger partial charge in [-0.15, -0.1) is 0 Å². The summed E-state index contributed by atoms with van der Waals surface area (Å²) in [7, 11) is 0. The van der Waals surface area contributed by atoms with Gasteiger partial charge in [0.15, 0.2) is 5.60 Å². The molecule has 1 aromatic carbocycles. The van der Waals surface area contributed by atoms with Crippen LogP contribution in [0.4, 0.5) is 0 Å². The lowest BCUT2D eigenvalue weighted by Crippen LogP contribution is -2.42. The molecule has 0 aliphatic heterocycles. The van der Waals surface area contributed by atoms with Crippen LogP contribution >= 0.6 is 0 Å². The van der Waals surface area contributed by atoms with Gasteiger partial charge < -0.3 is 10.8 Å². The molecular weight excluding hydrogens is 262 g/mol. The summed E-state index contributed by atoms with van der Waals surface area (Å²) < 4.78 is 0. The summed E-state index contributed by atoms with van der Waals surface area (Å²) in [6.45, 7) is 11.1. The van der Waals surface area contributed by atoms with Gasteiger partial charge in [-0.1, -0.05) is 87.7 Å². The van der Waals surface area contributed by atoms with E-state index < -0.39 is 11.5 Å². The van der Waals surface area contributed by atoms with E-state index in [0.29, 0.717) is 11.1 Å². The van der Waals surface area contributed by atoms with Gasteiger partial charge in [0.1, 0.15) is 0 Å². The predicted octanol–water partition coefficient (Wildman–Crippen LogP) is 3.24. The van der Waals surface area contributed by atoms with Crippen LogP contribution in [0.1, 0.15) is 19.4 Å². The lowest BCUT2D eigenvalue weighted by atomic mass is 9.84. The molecule has 3 heteroatoms. The van der Waals surface area contributed by atoms with Gasteiger partial charge in [-0.3, -0.25) is 4.79 Å². The number of carbonyl (C=O) groups is 1. The molecule has 21 heavy (non-hydrogen) atoms. The third-order valence-corrected chi connectivity index (χ3v) is 2.68. The Morgan fingerprint density at radius 2 is 1.76 bits per heavy atom. The highest BCUT2D eigenvalue weighted by molar-refractivity contribution is 5.89. The first-order chi connectivity index (χ1) is 10.1. The number of nitrogens with two attached hydrogens (primary N) is 1. The average molecular weight is 285 g/mol. The van der Waals surface area contributed by atoms with E-state index in [1.54, 1.807) is 48.6 Å². The standard InChI is InChI=1S/C16H17NO2.C2H6/c1-3-5-10-13(9-4-2)16(19,15(17)18)14-11-7-6-8-12-14;1-2/h3-12,19H,1-2H2,(H2,17,18);1-2H3/b10-5-,13-9+;. The fourth-order valence-electron chi connectivity index (χ4n) is 1.73. The predicted molar refractivity (Wildman–Crippen MR) is 88.5 cm³/mol. The zero-order chi connectivity index (χ0) is 16.3. The third-order valence-electron chi connectivity index (χ3n) is 2.68. The van der Waals surface area contributed by atoms with E-state index in [-0.39, 0.29) is 0 Å². The van der Waals surface area contributed by atoms with Gasteiger partial charge in [0.05, 0.1) is 0 Å². The molecule has 1 amide bonds. The van der Waals surface area contributed by atoms with E-state index in [1.807, 2.05) is 13.8 Å². The maximum absolute atomic E-state index is 11.7. The van der Waals surface area contributed by atoms with Gasteiger partial charge in [0, 0.05) is 0 Å². The zero-order valence-corrected chi connectivity index (χ0v) is 12.6. The van der Waals surface area contributed by atoms with Crippen LogP contribution in [0, 0.1) is 0 Å². The lowest BCUT2D eigenvalue weighted by Gasteiger charge is -2.26. The summed E-state index contributed by atoms with van der Waals surface area (Å²) in [5.41, 5.74) is 4.23. The fourth-order valence-corrected chi connectivity index (χ4v) is 1.73. The topological polar surface area (TPSA) is 63.3 Å². The quantitative estimate of drug-likeness (QED) is 0.788. The van der Waals surface area contributed by atoms with Gasteiger partial charge in [0.2, 0.25) is 0 Å². The highest BCUT2D eigenvalue weighted by atomic mass is 16.3. The molecule has 0 saturated heterocycles. The van der Waals surface area contributed by atoms with Crippen LogP contribution in [0.25, 0.3) is 0 Å². The molecule has 0 bridgehead atoms. The van der Waals surface area contributed by atoms with Gasteiger partial charge >= 0.3 is 0 Å². The minimum absolute atomic E-state index is 0.334. The Labute approximate surface area is 126 Å². The number of benzene rings is 1. The molecule has 0 spiro atoms. The molecule has 0 saturated carbocycles. The maximum Gasteiger partial charge on any atom is 0.258 e. The smallest absolute Gasteiger partial charge is 0.258 e. The molecule has 3 N–H and O–H groups in total. The van der Waals surface area contributed by atoms with E-state index in [1.165, 1.54) is 12.2 Å². The summed E-state index contributed by atoms with van der Waals surface area (Å²) in [4.78, 5) is 11.7. The number of amides is 1. The number of allylic oxidation sites excluding steroid dienone is 4. The number of aliphatic hydroxyl groups is 1. The molecule has 0 aliphatic rings.